The fourth-order valence-electron chi connectivity index (χ4n) is 3.26. The summed E-state index contributed by atoms with van der Waals surface area (Å²) in [7, 11) is 2.02. The summed E-state index contributed by atoms with van der Waals surface area (Å²) in [5.74, 6) is 0.881. The maximum atomic E-state index is 12.7. The second-order valence-corrected chi connectivity index (χ2v) is 7.79. The fourth-order valence-corrected chi connectivity index (χ4v) is 3.96. The van der Waals surface area contributed by atoms with Crippen molar-refractivity contribution < 1.29 is 4.79 Å². The number of carbonyl (C=O) groups is 1. The maximum absolute atomic E-state index is 12.7. The van der Waals surface area contributed by atoms with Gasteiger partial charge in [-0.2, -0.15) is 0 Å². The molecule has 0 saturated heterocycles. The minimum Gasteiger partial charge on any atom is -0.357 e. The highest BCUT2D eigenvalue weighted by molar-refractivity contribution is 7.09. The molecule has 0 spiro atoms. The van der Waals surface area contributed by atoms with Crippen LogP contribution in [0.25, 0.3) is 0 Å². The zero-order valence-corrected chi connectivity index (χ0v) is 17.0. The van der Waals surface area contributed by atoms with Crippen molar-refractivity contribution >= 4 is 23.2 Å². The number of rotatable bonds is 6. The van der Waals surface area contributed by atoms with Crippen LogP contribution in [0.15, 0.2) is 46.8 Å². The quantitative estimate of drug-likeness (QED) is 0.615. The van der Waals surface area contributed by atoms with Crippen LogP contribution in [-0.4, -0.2) is 54.9 Å². The normalized spacial score (nSPS) is 14.0. The van der Waals surface area contributed by atoms with Gasteiger partial charge in [0, 0.05) is 38.1 Å². The first kappa shape index (κ1) is 19.4. The molecule has 1 aliphatic rings. The molecule has 1 aliphatic heterocycles. The van der Waals surface area contributed by atoms with Crippen molar-refractivity contribution in [2.45, 2.75) is 26.3 Å². The largest absolute Gasteiger partial charge is 0.357 e. The van der Waals surface area contributed by atoms with E-state index in [9.17, 15) is 4.79 Å². The Bertz CT molecular complexity index is 772. The van der Waals surface area contributed by atoms with Crippen molar-refractivity contribution in [3.05, 3.63) is 57.8 Å². The fraction of sp³-hybridized carbons (Fsp3) is 0.429. The molecular weight excluding hydrogens is 356 g/mol. The van der Waals surface area contributed by atoms with E-state index in [1.165, 1.54) is 16.0 Å². The van der Waals surface area contributed by atoms with Gasteiger partial charge in [-0.25, -0.2) is 4.99 Å². The van der Waals surface area contributed by atoms with Gasteiger partial charge in [0.25, 0.3) is 0 Å². The topological polar surface area (TPSA) is 47.9 Å². The van der Waals surface area contributed by atoms with Gasteiger partial charge >= 0.3 is 0 Å². The van der Waals surface area contributed by atoms with Crippen LogP contribution in [0.2, 0.25) is 0 Å². The summed E-state index contributed by atoms with van der Waals surface area (Å²) in [4.78, 5) is 22.6. The van der Waals surface area contributed by atoms with Gasteiger partial charge in [0.15, 0.2) is 5.96 Å². The minimum absolute atomic E-state index is 0.0894. The van der Waals surface area contributed by atoms with Gasteiger partial charge in [0.05, 0.1) is 0 Å². The molecule has 1 amide bonds. The molecule has 27 heavy (non-hydrogen) atoms. The molecule has 0 saturated carbocycles. The number of benzene rings is 1. The summed E-state index contributed by atoms with van der Waals surface area (Å²) in [6.45, 7) is 5.36. The van der Waals surface area contributed by atoms with Crippen LogP contribution in [0, 0.1) is 0 Å². The molecule has 0 atom stereocenters. The highest BCUT2D eigenvalue weighted by Gasteiger charge is 2.20. The van der Waals surface area contributed by atoms with Crippen LogP contribution in [-0.2, 0) is 24.2 Å². The Morgan fingerprint density at radius 2 is 2.07 bits per heavy atom. The average Bonchev–Trinajstić information content (AvgIpc) is 3.22. The molecule has 5 nitrogen and oxygen atoms in total. The van der Waals surface area contributed by atoms with Crippen molar-refractivity contribution in [3.63, 3.8) is 0 Å². The zero-order valence-electron chi connectivity index (χ0n) is 16.1. The number of hydrogen-bond acceptors (Lipinski definition) is 3. The highest BCUT2D eigenvalue weighted by atomic mass is 32.1. The predicted molar refractivity (Wildman–Crippen MR) is 112 cm³/mol. The molecule has 3 rings (SSSR count). The number of fused-ring (bicyclic) bond motifs is 1. The number of thiophene rings is 1. The number of aliphatic imine (C=N–C) groups is 1. The molecule has 144 valence electrons. The summed E-state index contributed by atoms with van der Waals surface area (Å²) in [5.41, 5.74) is 2.60. The number of guanidine groups is 1. The number of hydrogen-bond donors (Lipinski definition) is 1. The lowest BCUT2D eigenvalue weighted by Gasteiger charge is -2.28. The third-order valence-electron chi connectivity index (χ3n) is 4.82. The molecule has 1 aromatic carbocycles. The van der Waals surface area contributed by atoms with Crippen molar-refractivity contribution in [2.24, 2.45) is 4.99 Å². The van der Waals surface area contributed by atoms with Gasteiger partial charge in [-0.15, -0.1) is 11.3 Å². The Hall–Kier alpha value is -2.34. The van der Waals surface area contributed by atoms with E-state index in [0.717, 1.165) is 38.4 Å². The summed E-state index contributed by atoms with van der Waals surface area (Å²) in [6, 6.07) is 12.6. The van der Waals surface area contributed by atoms with Gasteiger partial charge in [-0.05, 0) is 42.3 Å². The smallest absolute Gasteiger partial charge is 0.244 e. The lowest BCUT2D eigenvalue weighted by atomic mass is 10.00. The minimum atomic E-state index is 0.0894. The molecule has 6 heteroatoms. The lowest BCUT2D eigenvalue weighted by molar-refractivity contribution is -0.130. The van der Waals surface area contributed by atoms with Crippen LogP contribution < -0.4 is 5.32 Å². The van der Waals surface area contributed by atoms with E-state index in [4.69, 9.17) is 0 Å². The standard InChI is InChI=1S/C21H28N4OS/c1-3-22-21(24(2)12-11-19-9-6-14-27-19)23-15-20(26)25-13-10-17-7-4-5-8-18(17)16-25/h4-9,14H,3,10-13,15-16H2,1-2H3,(H,22,23). The van der Waals surface area contributed by atoms with Gasteiger partial charge < -0.3 is 15.1 Å². The number of carbonyl (C=O) groups excluding carboxylic acids is 1. The van der Waals surface area contributed by atoms with E-state index in [-0.39, 0.29) is 12.5 Å². The van der Waals surface area contributed by atoms with Gasteiger partial charge in [-0.1, -0.05) is 30.3 Å². The number of amides is 1. The Labute approximate surface area is 165 Å². The van der Waals surface area contributed by atoms with Crippen LogP contribution >= 0.6 is 11.3 Å². The molecule has 0 radical (unpaired) electrons. The molecule has 0 unspecified atom stereocenters. The molecule has 2 heterocycles. The molecule has 1 aromatic heterocycles. The number of nitrogens with zero attached hydrogens (tertiary/aromatic N) is 3. The van der Waals surface area contributed by atoms with Crippen molar-refractivity contribution in [1.82, 2.24) is 15.1 Å². The summed E-state index contributed by atoms with van der Waals surface area (Å²) < 4.78 is 0. The molecule has 1 N–H and O–H groups in total. The van der Waals surface area contributed by atoms with Crippen molar-refractivity contribution in [1.29, 1.82) is 0 Å². The number of nitrogens with one attached hydrogen (secondary N) is 1. The molecule has 0 fully saturated rings. The predicted octanol–water partition coefficient (Wildman–Crippen LogP) is 2.77. The molecule has 2 aromatic rings. The summed E-state index contributed by atoms with van der Waals surface area (Å²) in [6.07, 6.45) is 1.90. The highest BCUT2D eigenvalue weighted by Crippen LogP contribution is 2.18. The summed E-state index contributed by atoms with van der Waals surface area (Å²) >= 11 is 1.77. The monoisotopic (exact) mass is 384 g/mol. The van der Waals surface area contributed by atoms with Crippen LogP contribution in [0.4, 0.5) is 0 Å². The summed E-state index contributed by atoms with van der Waals surface area (Å²) in [5, 5.41) is 5.40. The van der Waals surface area contributed by atoms with E-state index in [2.05, 4.69) is 50.9 Å². The van der Waals surface area contributed by atoms with Crippen LogP contribution in [0.5, 0.6) is 0 Å². The Morgan fingerprint density at radius 1 is 1.26 bits per heavy atom. The Kier molecular flexibility index (Phi) is 6.87. The van der Waals surface area contributed by atoms with Crippen molar-refractivity contribution in [2.75, 3.05) is 33.2 Å². The number of likely N-dealkylation sites (N-methyl/N-ethyl adjacent to an activating group) is 1. The van der Waals surface area contributed by atoms with Gasteiger partial charge in [0.2, 0.25) is 5.91 Å². The van der Waals surface area contributed by atoms with E-state index >= 15 is 0 Å². The molecule has 0 aliphatic carbocycles. The third-order valence-corrected chi connectivity index (χ3v) is 5.75. The van der Waals surface area contributed by atoms with E-state index in [0.29, 0.717) is 6.54 Å². The first-order valence-corrected chi connectivity index (χ1v) is 10.4. The molecular formula is C21H28N4OS. The second kappa shape index (κ2) is 9.55. The van der Waals surface area contributed by atoms with Gasteiger partial charge in [-0.3, -0.25) is 4.79 Å². The van der Waals surface area contributed by atoms with Crippen LogP contribution in [0.1, 0.15) is 22.9 Å². The SMILES string of the molecule is CCNC(=NCC(=O)N1CCc2ccccc2C1)N(C)CCc1cccs1. The van der Waals surface area contributed by atoms with E-state index in [1.807, 2.05) is 24.9 Å². The first-order chi connectivity index (χ1) is 13.2. The Morgan fingerprint density at radius 3 is 2.81 bits per heavy atom. The van der Waals surface area contributed by atoms with Crippen molar-refractivity contribution in [3.8, 4) is 0 Å². The molecule has 0 bridgehead atoms. The second-order valence-electron chi connectivity index (χ2n) is 6.76. The zero-order chi connectivity index (χ0) is 19.1. The van der Waals surface area contributed by atoms with E-state index in [1.54, 1.807) is 11.3 Å². The third kappa shape index (κ3) is 5.32. The Balaban J connectivity index is 1.56. The van der Waals surface area contributed by atoms with Crippen LogP contribution in [0.3, 0.4) is 0 Å². The first-order valence-electron chi connectivity index (χ1n) is 9.53. The maximum Gasteiger partial charge on any atom is 0.244 e. The average molecular weight is 385 g/mol. The van der Waals surface area contributed by atoms with Gasteiger partial charge in [0.1, 0.15) is 6.54 Å². The van der Waals surface area contributed by atoms with E-state index < -0.39 is 0 Å². The lowest BCUT2D eigenvalue weighted by Crippen LogP contribution is -2.42.